The monoisotopic (exact) mass is 256 g/mol. The van der Waals surface area contributed by atoms with Crippen LogP contribution in [0.2, 0.25) is 0 Å². The van der Waals surface area contributed by atoms with Crippen LogP contribution in [0.25, 0.3) is 0 Å². The second-order valence-electron chi connectivity index (χ2n) is 4.27. The molecule has 1 heterocycles. The summed E-state index contributed by atoms with van der Waals surface area (Å²) in [4.78, 5) is 11.3. The zero-order valence-corrected chi connectivity index (χ0v) is 10.0. The van der Waals surface area contributed by atoms with E-state index in [0.717, 1.165) is 5.56 Å². The number of hydrogen-bond acceptors (Lipinski definition) is 3. The molecule has 2 atom stereocenters. The molecule has 0 spiro atoms. The lowest BCUT2D eigenvalue weighted by molar-refractivity contribution is -0.151. The number of fused-ring (bicyclic) bond motifs is 1. The number of para-hydroxylation sites is 2. The average molecular weight is 256 g/mol. The fraction of sp³-hybridized carbons (Fsp3) is 0.133. The van der Waals surface area contributed by atoms with Crippen LogP contribution in [0.4, 0.5) is 0 Å². The van der Waals surface area contributed by atoms with Crippen LogP contribution < -0.4 is 9.47 Å². The minimum Gasteiger partial charge on any atom is -0.478 e. The Kier molecular flexibility index (Phi) is 2.83. The number of benzene rings is 2. The molecule has 0 radical (unpaired) electrons. The van der Waals surface area contributed by atoms with E-state index in [1.807, 2.05) is 36.4 Å². The summed E-state index contributed by atoms with van der Waals surface area (Å²) in [6.45, 7) is 0. The predicted molar refractivity (Wildman–Crippen MR) is 68.3 cm³/mol. The fourth-order valence-corrected chi connectivity index (χ4v) is 2.11. The first-order valence-electron chi connectivity index (χ1n) is 5.96. The standard InChI is InChI=1S/C15H12O4/c16-15(17)14-13(10-6-2-1-3-7-10)18-11-8-4-5-9-12(11)19-14/h1-9,13-14H,(H,16,17)/t13-,14-/m1/s1. The summed E-state index contributed by atoms with van der Waals surface area (Å²) in [6.07, 6.45) is -1.69. The lowest BCUT2D eigenvalue weighted by atomic mass is 10.0. The molecule has 0 amide bonds. The van der Waals surface area contributed by atoms with E-state index in [-0.39, 0.29) is 0 Å². The van der Waals surface area contributed by atoms with Gasteiger partial charge in [0.05, 0.1) is 0 Å². The summed E-state index contributed by atoms with van der Waals surface area (Å²) in [7, 11) is 0. The highest BCUT2D eigenvalue weighted by Crippen LogP contribution is 2.39. The molecular formula is C15H12O4. The van der Waals surface area contributed by atoms with Crippen LogP contribution in [0.15, 0.2) is 54.6 Å². The molecule has 0 fully saturated rings. The molecular weight excluding hydrogens is 244 g/mol. The Labute approximate surface area is 110 Å². The number of rotatable bonds is 2. The quantitative estimate of drug-likeness (QED) is 0.897. The summed E-state index contributed by atoms with van der Waals surface area (Å²) >= 11 is 0. The number of carboxylic acid groups (broad SMARTS) is 1. The van der Waals surface area contributed by atoms with Crippen LogP contribution in [0.5, 0.6) is 11.5 Å². The summed E-state index contributed by atoms with van der Waals surface area (Å²) in [5.74, 6) is -0.0145. The smallest absolute Gasteiger partial charge is 0.349 e. The van der Waals surface area contributed by atoms with Crippen LogP contribution in [0.1, 0.15) is 11.7 Å². The molecule has 3 rings (SSSR count). The highest BCUT2D eigenvalue weighted by atomic mass is 16.6. The Morgan fingerprint density at radius 3 is 2.11 bits per heavy atom. The van der Waals surface area contributed by atoms with Gasteiger partial charge in [-0.1, -0.05) is 42.5 Å². The Balaban J connectivity index is 2.01. The number of ether oxygens (including phenoxy) is 2. The summed E-state index contributed by atoms with van der Waals surface area (Å²) < 4.78 is 11.3. The molecule has 19 heavy (non-hydrogen) atoms. The second-order valence-corrected chi connectivity index (χ2v) is 4.27. The van der Waals surface area contributed by atoms with Crippen molar-refractivity contribution in [3.8, 4) is 11.5 Å². The molecule has 2 aromatic rings. The van der Waals surface area contributed by atoms with Crippen molar-refractivity contribution in [3.63, 3.8) is 0 Å². The molecule has 0 bridgehead atoms. The van der Waals surface area contributed by atoms with Gasteiger partial charge in [-0.3, -0.25) is 0 Å². The number of aliphatic carboxylic acids is 1. The van der Waals surface area contributed by atoms with Crippen molar-refractivity contribution in [1.29, 1.82) is 0 Å². The fourth-order valence-electron chi connectivity index (χ4n) is 2.11. The highest BCUT2D eigenvalue weighted by Gasteiger charge is 2.37. The molecule has 4 nitrogen and oxygen atoms in total. The van der Waals surface area contributed by atoms with E-state index >= 15 is 0 Å². The lowest BCUT2D eigenvalue weighted by Crippen LogP contribution is -2.39. The number of carboxylic acids is 1. The minimum absolute atomic E-state index is 0.460. The third-order valence-electron chi connectivity index (χ3n) is 3.00. The first kappa shape index (κ1) is 11.6. The topological polar surface area (TPSA) is 55.8 Å². The van der Waals surface area contributed by atoms with Crippen molar-refractivity contribution in [2.24, 2.45) is 0 Å². The maximum absolute atomic E-state index is 11.3. The molecule has 96 valence electrons. The molecule has 4 heteroatoms. The van der Waals surface area contributed by atoms with Crippen molar-refractivity contribution in [3.05, 3.63) is 60.2 Å². The van der Waals surface area contributed by atoms with Crippen molar-refractivity contribution in [2.45, 2.75) is 12.2 Å². The van der Waals surface area contributed by atoms with Gasteiger partial charge in [0.1, 0.15) is 0 Å². The van der Waals surface area contributed by atoms with E-state index in [1.54, 1.807) is 18.2 Å². The molecule has 0 aliphatic carbocycles. The maximum atomic E-state index is 11.3. The largest absolute Gasteiger partial charge is 0.478 e. The zero-order chi connectivity index (χ0) is 13.2. The summed E-state index contributed by atoms with van der Waals surface area (Å²) in [6, 6.07) is 16.3. The molecule has 0 saturated heterocycles. The molecule has 1 aliphatic rings. The van der Waals surface area contributed by atoms with E-state index in [1.165, 1.54) is 0 Å². The first-order chi connectivity index (χ1) is 9.25. The molecule has 0 unspecified atom stereocenters. The van der Waals surface area contributed by atoms with Gasteiger partial charge < -0.3 is 14.6 Å². The molecule has 2 aromatic carbocycles. The van der Waals surface area contributed by atoms with Gasteiger partial charge in [0.15, 0.2) is 17.6 Å². The van der Waals surface area contributed by atoms with Crippen molar-refractivity contribution in [2.75, 3.05) is 0 Å². The van der Waals surface area contributed by atoms with Gasteiger partial charge in [-0.15, -0.1) is 0 Å². The average Bonchev–Trinajstić information content (AvgIpc) is 2.46. The predicted octanol–water partition coefficient (Wildman–Crippen LogP) is 2.65. The lowest BCUT2D eigenvalue weighted by Gasteiger charge is -2.31. The zero-order valence-electron chi connectivity index (χ0n) is 10.0. The van der Waals surface area contributed by atoms with Gasteiger partial charge in [-0.05, 0) is 17.7 Å². The first-order valence-corrected chi connectivity index (χ1v) is 5.96. The number of hydrogen-bond donors (Lipinski definition) is 1. The van der Waals surface area contributed by atoms with Crippen LogP contribution in [-0.2, 0) is 4.79 Å². The van der Waals surface area contributed by atoms with Gasteiger partial charge in [0, 0.05) is 0 Å². The highest BCUT2D eigenvalue weighted by molar-refractivity contribution is 5.74. The Hall–Kier alpha value is -2.49. The Morgan fingerprint density at radius 2 is 1.47 bits per heavy atom. The number of carbonyl (C=O) groups is 1. The molecule has 0 aromatic heterocycles. The van der Waals surface area contributed by atoms with E-state index in [9.17, 15) is 9.90 Å². The van der Waals surface area contributed by atoms with E-state index in [0.29, 0.717) is 11.5 Å². The Morgan fingerprint density at radius 1 is 0.895 bits per heavy atom. The van der Waals surface area contributed by atoms with E-state index in [4.69, 9.17) is 9.47 Å². The van der Waals surface area contributed by atoms with E-state index < -0.39 is 18.2 Å². The van der Waals surface area contributed by atoms with Gasteiger partial charge >= 0.3 is 5.97 Å². The van der Waals surface area contributed by atoms with Gasteiger partial charge in [0.25, 0.3) is 0 Å². The van der Waals surface area contributed by atoms with Crippen LogP contribution in [0, 0.1) is 0 Å². The second kappa shape index (κ2) is 4.65. The maximum Gasteiger partial charge on any atom is 0.349 e. The summed E-state index contributed by atoms with van der Waals surface area (Å²) in [5.41, 5.74) is 0.782. The van der Waals surface area contributed by atoms with Crippen LogP contribution in [-0.4, -0.2) is 17.2 Å². The van der Waals surface area contributed by atoms with Gasteiger partial charge in [0.2, 0.25) is 6.10 Å². The summed E-state index contributed by atoms with van der Waals surface area (Å²) in [5, 5.41) is 9.29. The van der Waals surface area contributed by atoms with Crippen molar-refractivity contribution < 1.29 is 19.4 Å². The molecule has 0 saturated carbocycles. The molecule has 1 N–H and O–H groups in total. The minimum atomic E-state index is -1.04. The van der Waals surface area contributed by atoms with E-state index in [2.05, 4.69) is 0 Å². The Bertz CT molecular complexity index is 594. The third kappa shape index (κ3) is 2.12. The SMILES string of the molecule is O=C(O)[C@@H]1Oc2ccccc2O[C@@H]1c1ccccc1. The normalized spacial score (nSPS) is 20.8. The third-order valence-corrected chi connectivity index (χ3v) is 3.00. The van der Waals surface area contributed by atoms with Crippen molar-refractivity contribution >= 4 is 5.97 Å². The van der Waals surface area contributed by atoms with Crippen molar-refractivity contribution in [1.82, 2.24) is 0 Å². The van der Waals surface area contributed by atoms with Gasteiger partial charge in [-0.25, -0.2) is 4.79 Å². The van der Waals surface area contributed by atoms with Gasteiger partial charge in [-0.2, -0.15) is 0 Å². The van der Waals surface area contributed by atoms with Crippen LogP contribution >= 0.6 is 0 Å². The molecule has 1 aliphatic heterocycles. The van der Waals surface area contributed by atoms with Crippen LogP contribution in [0.3, 0.4) is 0 Å².